The molecule has 0 radical (unpaired) electrons. The van der Waals surface area contributed by atoms with E-state index in [0.717, 1.165) is 0 Å². The number of hydrogen-bond acceptors (Lipinski definition) is 2. The van der Waals surface area contributed by atoms with Gasteiger partial charge in [-0.2, -0.15) is 8.78 Å². The lowest BCUT2D eigenvalue weighted by molar-refractivity contribution is -0.138. The molecule has 5 heteroatoms. The van der Waals surface area contributed by atoms with Crippen LogP contribution in [0.1, 0.15) is 18.4 Å². The molecule has 1 unspecified atom stereocenters. The first kappa shape index (κ1) is 12.0. The summed E-state index contributed by atoms with van der Waals surface area (Å²) in [7, 11) is 0. The number of carbonyl (C=O) groups is 1. The molecule has 0 fully saturated rings. The Kier molecular flexibility index (Phi) is 4.08. The van der Waals surface area contributed by atoms with Crippen LogP contribution in [0.3, 0.4) is 0 Å². The van der Waals surface area contributed by atoms with Gasteiger partial charge in [0.25, 0.3) is 5.76 Å². The van der Waals surface area contributed by atoms with Crippen LogP contribution in [-0.2, 0) is 4.79 Å². The Bertz CT molecular complexity index is 355. The van der Waals surface area contributed by atoms with Crippen molar-refractivity contribution >= 4 is 17.7 Å². The second-order valence-electron chi connectivity index (χ2n) is 2.98. The molecule has 0 aliphatic carbocycles. The molecule has 0 aliphatic rings. The minimum atomic E-state index is -2.54. The van der Waals surface area contributed by atoms with E-state index in [4.69, 9.17) is 5.11 Å². The lowest BCUT2D eigenvalue weighted by atomic mass is 10.0. The van der Waals surface area contributed by atoms with Crippen LogP contribution in [-0.4, -0.2) is 16.8 Å². The Balaban J connectivity index is 3.00. The summed E-state index contributed by atoms with van der Waals surface area (Å²) in [5, 5.41) is 8.80. The monoisotopic (exact) mass is 232 g/mol. The number of thioether (sulfide) groups is 1. The highest BCUT2D eigenvalue weighted by atomic mass is 32.2. The first-order valence-corrected chi connectivity index (χ1v) is 5.17. The molecule has 0 heterocycles. The van der Waals surface area contributed by atoms with E-state index in [-0.39, 0.29) is 0 Å². The average molecular weight is 232 g/mol. The van der Waals surface area contributed by atoms with Crippen LogP contribution in [0.2, 0.25) is 0 Å². The molecule has 15 heavy (non-hydrogen) atoms. The normalized spacial score (nSPS) is 12.8. The number of benzene rings is 1. The maximum atomic E-state index is 12.2. The summed E-state index contributed by atoms with van der Waals surface area (Å²) in [6.07, 6.45) is 0. The smallest absolute Gasteiger partial charge is 0.310 e. The Morgan fingerprint density at radius 1 is 1.40 bits per heavy atom. The van der Waals surface area contributed by atoms with E-state index >= 15 is 0 Å². The second kappa shape index (κ2) is 5.11. The zero-order valence-corrected chi connectivity index (χ0v) is 8.80. The Morgan fingerprint density at radius 2 is 2.00 bits per heavy atom. The highest BCUT2D eigenvalue weighted by molar-refractivity contribution is 7.99. The Morgan fingerprint density at radius 3 is 2.53 bits per heavy atom. The third-order valence-electron chi connectivity index (χ3n) is 1.97. The van der Waals surface area contributed by atoms with E-state index in [1.807, 2.05) is 0 Å². The molecule has 0 saturated heterocycles. The molecular weight excluding hydrogens is 222 g/mol. The van der Waals surface area contributed by atoms with Crippen LogP contribution >= 0.6 is 11.8 Å². The summed E-state index contributed by atoms with van der Waals surface area (Å²) < 4.78 is 24.4. The third kappa shape index (κ3) is 3.20. The molecule has 1 aromatic carbocycles. The van der Waals surface area contributed by atoms with E-state index in [9.17, 15) is 13.6 Å². The zero-order valence-electron chi connectivity index (χ0n) is 7.98. The molecule has 0 spiro atoms. The highest BCUT2D eigenvalue weighted by Gasteiger charge is 2.19. The first-order chi connectivity index (χ1) is 7.02. The Labute approximate surface area is 90.3 Å². The van der Waals surface area contributed by atoms with Gasteiger partial charge in [-0.25, -0.2) is 0 Å². The predicted octanol–water partition coefficient (Wildman–Crippen LogP) is 3.19. The lowest BCUT2D eigenvalue weighted by Gasteiger charge is -2.11. The summed E-state index contributed by atoms with van der Waals surface area (Å²) in [6, 6.07) is 6.32. The fraction of sp³-hybridized carbons (Fsp3) is 0.300. The number of carboxylic acids is 1. The number of aliphatic carboxylic acids is 1. The number of hydrogen-bond donors (Lipinski definition) is 1. The quantitative estimate of drug-likeness (QED) is 0.810. The maximum Gasteiger partial charge on any atom is 0.310 e. The van der Waals surface area contributed by atoms with Gasteiger partial charge in [-0.05, 0) is 18.6 Å². The van der Waals surface area contributed by atoms with Crippen LogP contribution in [0.15, 0.2) is 29.2 Å². The zero-order chi connectivity index (χ0) is 11.4. The topological polar surface area (TPSA) is 37.3 Å². The molecule has 1 aromatic rings. The van der Waals surface area contributed by atoms with Crippen molar-refractivity contribution in [2.45, 2.75) is 23.5 Å². The summed E-state index contributed by atoms with van der Waals surface area (Å²) in [5.74, 6) is -4.32. The van der Waals surface area contributed by atoms with Gasteiger partial charge in [-0.3, -0.25) is 4.79 Å². The van der Waals surface area contributed by atoms with Crippen molar-refractivity contribution in [1.82, 2.24) is 0 Å². The van der Waals surface area contributed by atoms with Gasteiger partial charge in [-0.1, -0.05) is 30.0 Å². The molecule has 0 bridgehead atoms. The van der Waals surface area contributed by atoms with Gasteiger partial charge in [0.15, 0.2) is 0 Å². The molecule has 2 nitrogen and oxygen atoms in total. The minimum Gasteiger partial charge on any atom is -0.481 e. The molecule has 1 atom stereocenters. The minimum absolute atomic E-state index is 0.322. The van der Waals surface area contributed by atoms with Gasteiger partial charge in [-0.15, -0.1) is 0 Å². The van der Waals surface area contributed by atoms with E-state index in [0.29, 0.717) is 22.2 Å². The summed E-state index contributed by atoms with van der Waals surface area (Å²) >= 11 is 0.374. The van der Waals surface area contributed by atoms with Gasteiger partial charge in [0.1, 0.15) is 0 Å². The van der Waals surface area contributed by atoms with Crippen LogP contribution in [0.25, 0.3) is 0 Å². The van der Waals surface area contributed by atoms with Crippen molar-refractivity contribution in [3.63, 3.8) is 0 Å². The SMILES string of the molecule is CC(C(=O)O)c1ccccc1SC(F)F. The van der Waals surface area contributed by atoms with Crippen LogP contribution in [0.4, 0.5) is 8.78 Å². The number of halogens is 2. The Hall–Kier alpha value is -1.10. The van der Waals surface area contributed by atoms with E-state index in [1.165, 1.54) is 13.0 Å². The van der Waals surface area contributed by atoms with Crippen molar-refractivity contribution in [3.8, 4) is 0 Å². The fourth-order valence-electron chi connectivity index (χ4n) is 1.17. The first-order valence-electron chi connectivity index (χ1n) is 4.29. The number of alkyl halides is 2. The van der Waals surface area contributed by atoms with Gasteiger partial charge < -0.3 is 5.11 Å². The van der Waals surface area contributed by atoms with Gasteiger partial charge in [0.05, 0.1) is 5.92 Å². The van der Waals surface area contributed by atoms with Crippen molar-refractivity contribution in [2.24, 2.45) is 0 Å². The molecular formula is C10H10F2O2S. The number of rotatable bonds is 4. The van der Waals surface area contributed by atoms with Crippen LogP contribution < -0.4 is 0 Å². The standard InChI is InChI=1S/C10H10F2O2S/c1-6(9(13)14)7-4-2-3-5-8(7)15-10(11)12/h2-6,10H,1H3,(H,13,14). The molecule has 0 aromatic heterocycles. The summed E-state index contributed by atoms with van der Waals surface area (Å²) in [4.78, 5) is 11.1. The van der Waals surface area contributed by atoms with Gasteiger partial charge >= 0.3 is 5.97 Å². The molecule has 1 N–H and O–H groups in total. The van der Waals surface area contributed by atoms with Crippen molar-refractivity contribution in [3.05, 3.63) is 29.8 Å². The second-order valence-corrected chi connectivity index (χ2v) is 4.01. The molecule has 1 rings (SSSR count). The van der Waals surface area contributed by atoms with E-state index in [2.05, 4.69) is 0 Å². The highest BCUT2D eigenvalue weighted by Crippen LogP contribution is 2.32. The van der Waals surface area contributed by atoms with Gasteiger partial charge in [0.2, 0.25) is 0 Å². The van der Waals surface area contributed by atoms with Crippen LogP contribution in [0, 0.1) is 0 Å². The summed E-state index contributed by atoms with van der Waals surface area (Å²) in [6.45, 7) is 1.48. The van der Waals surface area contributed by atoms with Crippen molar-refractivity contribution in [2.75, 3.05) is 0 Å². The lowest BCUT2D eigenvalue weighted by Crippen LogP contribution is -2.08. The average Bonchev–Trinajstić information content (AvgIpc) is 2.16. The largest absolute Gasteiger partial charge is 0.481 e. The number of carboxylic acid groups (broad SMARTS) is 1. The van der Waals surface area contributed by atoms with Crippen molar-refractivity contribution < 1.29 is 18.7 Å². The van der Waals surface area contributed by atoms with Crippen molar-refractivity contribution in [1.29, 1.82) is 0 Å². The third-order valence-corrected chi connectivity index (χ3v) is 2.78. The van der Waals surface area contributed by atoms with Gasteiger partial charge in [0, 0.05) is 4.90 Å². The maximum absolute atomic E-state index is 12.2. The molecule has 0 saturated carbocycles. The van der Waals surface area contributed by atoms with E-state index < -0.39 is 17.6 Å². The predicted molar refractivity (Wildman–Crippen MR) is 54.4 cm³/mol. The molecule has 0 amide bonds. The van der Waals surface area contributed by atoms with E-state index in [1.54, 1.807) is 18.2 Å². The fourth-order valence-corrected chi connectivity index (χ4v) is 1.90. The molecule has 0 aliphatic heterocycles. The summed E-state index contributed by atoms with van der Waals surface area (Å²) in [5.41, 5.74) is 0.426. The molecule has 82 valence electrons. The van der Waals surface area contributed by atoms with Crippen LogP contribution in [0.5, 0.6) is 0 Å².